The van der Waals surface area contributed by atoms with Crippen molar-refractivity contribution < 1.29 is 8.42 Å². The number of anilines is 1. The first-order valence-corrected chi connectivity index (χ1v) is 9.66. The van der Waals surface area contributed by atoms with Gasteiger partial charge in [0.1, 0.15) is 0 Å². The van der Waals surface area contributed by atoms with E-state index in [-0.39, 0.29) is 4.90 Å². The number of sulfonamides is 1. The number of hydrogen-bond donors (Lipinski definition) is 1. The van der Waals surface area contributed by atoms with Crippen LogP contribution in [0.15, 0.2) is 35.4 Å². The lowest BCUT2D eigenvalue weighted by atomic mass is 9.95. The van der Waals surface area contributed by atoms with Crippen LogP contribution in [0.2, 0.25) is 5.02 Å². The molecule has 1 aliphatic carbocycles. The van der Waals surface area contributed by atoms with Gasteiger partial charge in [0.05, 0.1) is 11.1 Å². The number of halogens is 1. The van der Waals surface area contributed by atoms with Crippen molar-refractivity contribution in [2.45, 2.75) is 50.0 Å². The van der Waals surface area contributed by atoms with Gasteiger partial charge in [-0.1, -0.05) is 30.9 Å². The van der Waals surface area contributed by atoms with Gasteiger partial charge in [-0.25, -0.2) is 18.1 Å². The Morgan fingerprint density at radius 2 is 1.83 bits per heavy atom. The van der Waals surface area contributed by atoms with E-state index >= 15 is 0 Å². The summed E-state index contributed by atoms with van der Waals surface area (Å²) in [5.41, 5.74) is 0.978. The van der Waals surface area contributed by atoms with Crippen molar-refractivity contribution >= 4 is 27.6 Å². The van der Waals surface area contributed by atoms with Gasteiger partial charge in [0.25, 0.3) is 10.0 Å². The van der Waals surface area contributed by atoms with Crippen LogP contribution in [-0.4, -0.2) is 18.0 Å². The summed E-state index contributed by atoms with van der Waals surface area (Å²) in [5.74, 6) is 0.393. The summed E-state index contributed by atoms with van der Waals surface area (Å²) in [7, 11) is -3.67. The molecule has 1 aromatic carbocycles. The van der Waals surface area contributed by atoms with Crippen LogP contribution >= 0.6 is 11.6 Å². The summed E-state index contributed by atoms with van der Waals surface area (Å²) in [5, 5.41) is 0.503. The maximum atomic E-state index is 12.5. The van der Waals surface area contributed by atoms with E-state index in [4.69, 9.17) is 11.6 Å². The van der Waals surface area contributed by atoms with Gasteiger partial charge in [0.2, 0.25) is 5.95 Å². The highest BCUT2D eigenvalue weighted by atomic mass is 35.5. The van der Waals surface area contributed by atoms with Gasteiger partial charge < -0.3 is 4.57 Å². The average Bonchev–Trinajstić information content (AvgIpc) is 2.88. The largest absolute Gasteiger partial charge is 0.311 e. The molecule has 0 aliphatic heterocycles. The number of rotatable bonds is 4. The topological polar surface area (TPSA) is 64.0 Å². The van der Waals surface area contributed by atoms with Crippen molar-refractivity contribution in [1.82, 2.24) is 9.55 Å². The fraction of sp³-hybridized carbons (Fsp3) is 0.438. The number of hydrogen-bond acceptors (Lipinski definition) is 3. The Balaban J connectivity index is 1.89. The maximum Gasteiger partial charge on any atom is 0.264 e. The average molecular weight is 354 g/mol. The molecule has 1 aliphatic rings. The van der Waals surface area contributed by atoms with E-state index in [1.165, 1.54) is 31.4 Å². The van der Waals surface area contributed by atoms with Gasteiger partial charge in [-0.05, 0) is 44.0 Å². The van der Waals surface area contributed by atoms with Gasteiger partial charge in [-0.15, -0.1) is 0 Å². The highest BCUT2D eigenvalue weighted by Crippen LogP contribution is 2.32. The van der Waals surface area contributed by atoms with E-state index in [1.54, 1.807) is 18.3 Å². The van der Waals surface area contributed by atoms with Gasteiger partial charge >= 0.3 is 0 Å². The molecular formula is C16H20ClN3O2S. The summed E-state index contributed by atoms with van der Waals surface area (Å²) >= 11 is 5.82. The SMILES string of the molecule is Cc1cnc(NS(=O)(=O)c2ccc(Cl)cc2)n1C1CCCCC1. The highest BCUT2D eigenvalue weighted by molar-refractivity contribution is 7.92. The Labute approximate surface area is 141 Å². The van der Waals surface area contributed by atoms with Crippen molar-refractivity contribution in [2.24, 2.45) is 0 Å². The quantitative estimate of drug-likeness (QED) is 0.897. The van der Waals surface area contributed by atoms with Gasteiger partial charge in [-0.2, -0.15) is 0 Å². The molecule has 2 aromatic rings. The summed E-state index contributed by atoms with van der Waals surface area (Å²) < 4.78 is 29.7. The Kier molecular flexibility index (Phi) is 4.64. The molecular weight excluding hydrogens is 334 g/mol. The van der Waals surface area contributed by atoms with E-state index < -0.39 is 10.0 Å². The minimum Gasteiger partial charge on any atom is -0.311 e. The van der Waals surface area contributed by atoms with Crippen LogP contribution in [0.3, 0.4) is 0 Å². The molecule has 0 saturated heterocycles. The Hall–Kier alpha value is -1.53. The molecule has 1 aromatic heterocycles. The lowest BCUT2D eigenvalue weighted by molar-refractivity contribution is 0.352. The first-order chi connectivity index (χ1) is 11.0. The van der Waals surface area contributed by atoms with E-state index in [9.17, 15) is 8.42 Å². The van der Waals surface area contributed by atoms with Crippen molar-refractivity contribution in [3.05, 3.63) is 41.2 Å². The highest BCUT2D eigenvalue weighted by Gasteiger charge is 2.23. The minimum absolute atomic E-state index is 0.178. The molecule has 1 fully saturated rings. The molecule has 5 nitrogen and oxygen atoms in total. The van der Waals surface area contributed by atoms with E-state index in [1.807, 2.05) is 11.5 Å². The Morgan fingerprint density at radius 3 is 2.48 bits per heavy atom. The van der Waals surface area contributed by atoms with Crippen LogP contribution in [0.1, 0.15) is 43.8 Å². The monoisotopic (exact) mass is 353 g/mol. The van der Waals surface area contributed by atoms with Crippen LogP contribution in [0.4, 0.5) is 5.95 Å². The zero-order valence-electron chi connectivity index (χ0n) is 13.0. The molecule has 1 N–H and O–H groups in total. The molecule has 0 radical (unpaired) electrons. The number of aryl methyl sites for hydroxylation is 1. The molecule has 0 spiro atoms. The summed E-state index contributed by atoms with van der Waals surface area (Å²) in [4.78, 5) is 4.44. The van der Waals surface area contributed by atoms with Gasteiger partial charge in [-0.3, -0.25) is 0 Å². The predicted octanol–water partition coefficient (Wildman–Crippen LogP) is 4.15. The van der Waals surface area contributed by atoms with Crippen LogP contribution in [-0.2, 0) is 10.0 Å². The van der Waals surface area contributed by atoms with Crippen LogP contribution in [0, 0.1) is 6.92 Å². The second-order valence-corrected chi connectivity index (χ2v) is 8.06. The van der Waals surface area contributed by atoms with Gasteiger partial charge in [0.15, 0.2) is 0 Å². The summed E-state index contributed by atoms with van der Waals surface area (Å²) in [6.07, 6.45) is 7.43. The molecule has 0 atom stereocenters. The second kappa shape index (κ2) is 6.53. The van der Waals surface area contributed by atoms with E-state index in [2.05, 4.69) is 9.71 Å². The summed E-state index contributed by atoms with van der Waals surface area (Å²) in [6, 6.07) is 6.43. The molecule has 1 heterocycles. The molecule has 3 rings (SSSR count). The van der Waals surface area contributed by atoms with Crippen molar-refractivity contribution in [2.75, 3.05) is 4.72 Å². The number of benzene rings is 1. The molecule has 0 unspecified atom stereocenters. The molecule has 23 heavy (non-hydrogen) atoms. The number of aromatic nitrogens is 2. The van der Waals surface area contributed by atoms with Crippen molar-refractivity contribution in [3.8, 4) is 0 Å². The molecule has 7 heteroatoms. The van der Waals surface area contributed by atoms with Crippen molar-refractivity contribution in [3.63, 3.8) is 0 Å². The van der Waals surface area contributed by atoms with Crippen LogP contribution in [0.5, 0.6) is 0 Å². The van der Waals surface area contributed by atoms with Crippen molar-refractivity contribution in [1.29, 1.82) is 0 Å². The Morgan fingerprint density at radius 1 is 1.17 bits per heavy atom. The first kappa shape index (κ1) is 16.3. The predicted molar refractivity (Wildman–Crippen MR) is 91.3 cm³/mol. The molecule has 124 valence electrons. The number of nitrogens with zero attached hydrogens (tertiary/aromatic N) is 2. The molecule has 1 saturated carbocycles. The van der Waals surface area contributed by atoms with Crippen LogP contribution in [0.25, 0.3) is 0 Å². The van der Waals surface area contributed by atoms with E-state index in [0.717, 1.165) is 18.5 Å². The first-order valence-electron chi connectivity index (χ1n) is 7.79. The van der Waals surface area contributed by atoms with Crippen LogP contribution < -0.4 is 4.72 Å². The zero-order chi connectivity index (χ0) is 16.4. The second-order valence-electron chi connectivity index (χ2n) is 5.94. The molecule has 0 amide bonds. The minimum atomic E-state index is -3.67. The number of nitrogens with one attached hydrogen (secondary N) is 1. The summed E-state index contributed by atoms with van der Waals surface area (Å²) in [6.45, 7) is 1.96. The third-order valence-electron chi connectivity index (χ3n) is 4.27. The fourth-order valence-corrected chi connectivity index (χ4v) is 4.24. The Bertz CT molecular complexity index is 778. The third-order valence-corrected chi connectivity index (χ3v) is 5.87. The normalized spacial score (nSPS) is 16.4. The maximum absolute atomic E-state index is 12.5. The molecule has 0 bridgehead atoms. The zero-order valence-corrected chi connectivity index (χ0v) is 14.6. The van der Waals surface area contributed by atoms with E-state index in [0.29, 0.717) is 17.0 Å². The smallest absolute Gasteiger partial charge is 0.264 e. The lowest BCUT2D eigenvalue weighted by Gasteiger charge is -2.26. The standard InChI is InChI=1S/C16H20ClN3O2S/c1-12-11-18-16(20(12)14-5-3-2-4-6-14)19-23(21,22)15-9-7-13(17)8-10-15/h7-11,14H,2-6H2,1H3,(H,18,19). The fourth-order valence-electron chi connectivity index (χ4n) is 3.11. The lowest BCUT2D eigenvalue weighted by Crippen LogP contribution is -2.21. The number of imidazole rings is 1. The third kappa shape index (κ3) is 3.53. The van der Waals surface area contributed by atoms with Gasteiger partial charge in [0, 0.05) is 16.8 Å².